The lowest BCUT2D eigenvalue weighted by Crippen LogP contribution is -2.15. The van der Waals surface area contributed by atoms with Gasteiger partial charge in [-0.05, 0) is 12.1 Å². The first-order valence-corrected chi connectivity index (χ1v) is 7.61. The Morgan fingerprint density at radius 3 is 2.55 bits per heavy atom. The molecule has 1 N–H and O–H groups in total. The van der Waals surface area contributed by atoms with Crippen LogP contribution in [0.1, 0.15) is 0 Å². The summed E-state index contributed by atoms with van der Waals surface area (Å²) in [6.07, 6.45) is 3.25. The van der Waals surface area contributed by atoms with Crippen LogP contribution in [0.15, 0.2) is 35.7 Å². The summed E-state index contributed by atoms with van der Waals surface area (Å²) in [6, 6.07) is 4.92. The molecule has 2 rings (SSSR count). The molecule has 0 aliphatic rings. The number of aromatic nitrogens is 2. The molecule has 0 bridgehead atoms. The predicted molar refractivity (Wildman–Crippen MR) is 85.9 cm³/mol. The van der Waals surface area contributed by atoms with E-state index in [1.54, 1.807) is 30.6 Å². The molecule has 1 amide bonds. The lowest BCUT2D eigenvalue weighted by molar-refractivity contribution is -0.113. The van der Waals surface area contributed by atoms with Gasteiger partial charge in [0.05, 0.1) is 30.7 Å². The van der Waals surface area contributed by atoms with Crippen LogP contribution < -0.4 is 14.8 Å². The van der Waals surface area contributed by atoms with Gasteiger partial charge < -0.3 is 14.8 Å². The van der Waals surface area contributed by atoms with Gasteiger partial charge in [0.15, 0.2) is 5.16 Å². The number of carbonyl (C=O) groups excluding carboxylic acids is 1. The lowest BCUT2D eigenvalue weighted by atomic mass is 10.2. The van der Waals surface area contributed by atoms with Crippen molar-refractivity contribution >= 4 is 35.0 Å². The van der Waals surface area contributed by atoms with Gasteiger partial charge in [-0.1, -0.05) is 23.4 Å². The Labute approximate surface area is 137 Å². The highest BCUT2D eigenvalue weighted by atomic mass is 35.5. The van der Waals surface area contributed by atoms with Crippen LogP contribution >= 0.6 is 23.4 Å². The minimum atomic E-state index is -0.211. The van der Waals surface area contributed by atoms with Crippen LogP contribution in [-0.2, 0) is 4.79 Å². The fourth-order valence-corrected chi connectivity index (χ4v) is 2.48. The van der Waals surface area contributed by atoms with Crippen LogP contribution in [0, 0.1) is 0 Å². The average molecular weight is 340 g/mol. The van der Waals surface area contributed by atoms with Crippen molar-refractivity contribution in [2.24, 2.45) is 0 Å². The fraction of sp³-hybridized carbons (Fsp3) is 0.214. The number of methoxy groups -OCH3 is 2. The number of nitrogens with one attached hydrogen (secondary N) is 1. The largest absolute Gasteiger partial charge is 0.495 e. The molecule has 6 nitrogen and oxygen atoms in total. The molecule has 0 saturated carbocycles. The van der Waals surface area contributed by atoms with Gasteiger partial charge in [0, 0.05) is 18.5 Å². The van der Waals surface area contributed by atoms with Gasteiger partial charge in [-0.3, -0.25) is 4.79 Å². The Morgan fingerprint density at radius 2 is 1.91 bits per heavy atom. The van der Waals surface area contributed by atoms with E-state index in [0.717, 1.165) is 0 Å². The second-order valence-electron chi connectivity index (χ2n) is 4.06. The van der Waals surface area contributed by atoms with E-state index in [1.807, 2.05) is 0 Å². The summed E-state index contributed by atoms with van der Waals surface area (Å²) in [5.74, 6) is 0.910. The van der Waals surface area contributed by atoms with Gasteiger partial charge in [0.1, 0.15) is 11.5 Å². The predicted octanol–water partition coefficient (Wildman–Crippen LogP) is 2.88. The van der Waals surface area contributed by atoms with Crippen LogP contribution in [0.2, 0.25) is 5.02 Å². The molecule has 0 aliphatic heterocycles. The van der Waals surface area contributed by atoms with Gasteiger partial charge in [-0.2, -0.15) is 0 Å². The molecule has 1 aromatic heterocycles. The van der Waals surface area contributed by atoms with Crippen molar-refractivity contribution in [1.82, 2.24) is 9.97 Å². The van der Waals surface area contributed by atoms with Crippen molar-refractivity contribution in [3.63, 3.8) is 0 Å². The SMILES string of the molecule is COc1cc(OC)c(NC(=O)CSc2ncccn2)cc1Cl. The normalized spacial score (nSPS) is 10.1. The summed E-state index contributed by atoms with van der Waals surface area (Å²) >= 11 is 7.30. The Bertz CT molecular complexity index is 655. The van der Waals surface area contributed by atoms with Crippen molar-refractivity contribution in [1.29, 1.82) is 0 Å². The third kappa shape index (κ3) is 4.25. The number of amides is 1. The highest BCUT2D eigenvalue weighted by Crippen LogP contribution is 2.35. The third-order valence-corrected chi connectivity index (χ3v) is 3.79. The van der Waals surface area contributed by atoms with Gasteiger partial charge >= 0.3 is 0 Å². The zero-order chi connectivity index (χ0) is 15.9. The molecule has 1 heterocycles. The summed E-state index contributed by atoms with van der Waals surface area (Å²) in [7, 11) is 3.01. The number of hydrogen-bond acceptors (Lipinski definition) is 6. The van der Waals surface area contributed by atoms with Crippen molar-refractivity contribution in [3.05, 3.63) is 35.6 Å². The van der Waals surface area contributed by atoms with Gasteiger partial charge in [-0.15, -0.1) is 0 Å². The number of ether oxygens (including phenoxy) is 2. The molecular weight excluding hydrogens is 326 g/mol. The zero-order valence-corrected chi connectivity index (χ0v) is 13.6. The maximum absolute atomic E-state index is 12.0. The quantitative estimate of drug-likeness (QED) is 0.644. The Balaban J connectivity index is 2.03. The van der Waals surface area contributed by atoms with E-state index < -0.39 is 0 Å². The first kappa shape index (κ1) is 16.4. The molecule has 0 atom stereocenters. The number of carbonyl (C=O) groups is 1. The van der Waals surface area contributed by atoms with E-state index in [-0.39, 0.29) is 11.7 Å². The summed E-state index contributed by atoms with van der Waals surface area (Å²) in [6.45, 7) is 0. The summed E-state index contributed by atoms with van der Waals surface area (Å²) in [5.41, 5.74) is 0.480. The van der Waals surface area contributed by atoms with E-state index in [1.165, 1.54) is 26.0 Å². The Hall–Kier alpha value is -1.99. The smallest absolute Gasteiger partial charge is 0.234 e. The lowest BCUT2D eigenvalue weighted by Gasteiger charge is -2.12. The Morgan fingerprint density at radius 1 is 1.23 bits per heavy atom. The molecule has 2 aromatic rings. The fourth-order valence-electron chi connectivity index (χ4n) is 1.63. The van der Waals surface area contributed by atoms with Crippen LogP contribution in [0.25, 0.3) is 0 Å². The van der Waals surface area contributed by atoms with Crippen molar-refractivity contribution in [2.45, 2.75) is 5.16 Å². The minimum absolute atomic E-state index is 0.177. The van der Waals surface area contributed by atoms with E-state index in [2.05, 4.69) is 15.3 Å². The molecule has 0 aliphatic carbocycles. The number of anilines is 1. The zero-order valence-electron chi connectivity index (χ0n) is 12.0. The molecule has 8 heteroatoms. The topological polar surface area (TPSA) is 73.3 Å². The highest BCUT2D eigenvalue weighted by Gasteiger charge is 2.13. The van der Waals surface area contributed by atoms with E-state index in [9.17, 15) is 4.79 Å². The molecule has 0 saturated heterocycles. The monoisotopic (exact) mass is 339 g/mol. The molecular formula is C14H14ClN3O3S. The van der Waals surface area contributed by atoms with Crippen molar-refractivity contribution in [2.75, 3.05) is 25.3 Å². The summed E-state index contributed by atoms with van der Waals surface area (Å²) < 4.78 is 10.3. The van der Waals surface area contributed by atoms with E-state index in [4.69, 9.17) is 21.1 Å². The van der Waals surface area contributed by atoms with Gasteiger partial charge in [0.2, 0.25) is 5.91 Å². The van der Waals surface area contributed by atoms with Crippen LogP contribution in [0.5, 0.6) is 11.5 Å². The van der Waals surface area contributed by atoms with Crippen LogP contribution in [-0.4, -0.2) is 35.8 Å². The van der Waals surface area contributed by atoms with E-state index >= 15 is 0 Å². The summed E-state index contributed by atoms with van der Waals surface area (Å²) in [4.78, 5) is 20.1. The molecule has 116 valence electrons. The molecule has 1 aromatic carbocycles. The molecule has 0 radical (unpaired) electrons. The number of rotatable bonds is 6. The number of hydrogen-bond donors (Lipinski definition) is 1. The van der Waals surface area contributed by atoms with Crippen LogP contribution in [0.4, 0.5) is 5.69 Å². The molecule has 22 heavy (non-hydrogen) atoms. The number of halogens is 1. The van der Waals surface area contributed by atoms with Crippen molar-refractivity contribution < 1.29 is 14.3 Å². The number of nitrogens with zero attached hydrogens (tertiary/aromatic N) is 2. The van der Waals surface area contributed by atoms with Crippen LogP contribution in [0.3, 0.4) is 0 Å². The first-order valence-electron chi connectivity index (χ1n) is 6.25. The maximum Gasteiger partial charge on any atom is 0.234 e. The highest BCUT2D eigenvalue weighted by molar-refractivity contribution is 7.99. The van der Waals surface area contributed by atoms with Crippen molar-refractivity contribution in [3.8, 4) is 11.5 Å². The second-order valence-corrected chi connectivity index (χ2v) is 5.40. The standard InChI is InChI=1S/C14H14ClN3O3S/c1-20-11-7-12(21-2)10(6-9(11)15)18-13(19)8-22-14-16-4-3-5-17-14/h3-7H,8H2,1-2H3,(H,18,19). The molecule has 0 spiro atoms. The summed E-state index contributed by atoms with van der Waals surface area (Å²) in [5, 5.41) is 3.67. The third-order valence-electron chi connectivity index (χ3n) is 2.62. The maximum atomic E-state index is 12.0. The second kappa shape index (κ2) is 7.86. The minimum Gasteiger partial charge on any atom is -0.495 e. The number of thioether (sulfide) groups is 1. The number of benzene rings is 1. The van der Waals surface area contributed by atoms with Gasteiger partial charge in [-0.25, -0.2) is 9.97 Å². The average Bonchev–Trinajstić information content (AvgIpc) is 2.54. The van der Waals surface area contributed by atoms with E-state index in [0.29, 0.717) is 27.4 Å². The molecule has 0 unspecified atom stereocenters. The Kier molecular flexibility index (Phi) is 5.85. The first-order chi connectivity index (χ1) is 10.6. The van der Waals surface area contributed by atoms with Gasteiger partial charge in [0.25, 0.3) is 0 Å². The molecule has 0 fully saturated rings.